The van der Waals surface area contributed by atoms with Crippen molar-refractivity contribution in [3.63, 3.8) is 0 Å². The molecule has 0 aliphatic rings. The van der Waals surface area contributed by atoms with E-state index in [1.165, 1.54) is 4.88 Å². The third-order valence-electron chi connectivity index (χ3n) is 3.76. The van der Waals surface area contributed by atoms with Gasteiger partial charge in [0.1, 0.15) is 5.75 Å². The average molecular weight is 344 g/mol. The summed E-state index contributed by atoms with van der Waals surface area (Å²) in [6.07, 6.45) is 3.34. The highest BCUT2D eigenvalue weighted by Crippen LogP contribution is 2.23. The molecule has 0 saturated heterocycles. The number of benzene rings is 1. The van der Waals surface area contributed by atoms with Crippen molar-refractivity contribution in [1.29, 1.82) is 0 Å². The first-order valence-corrected chi connectivity index (χ1v) is 8.69. The van der Waals surface area contributed by atoms with Crippen LogP contribution in [0.15, 0.2) is 41.8 Å². The summed E-state index contributed by atoms with van der Waals surface area (Å²) < 4.78 is 5.32. The smallest absolute Gasteiger partial charge is 0.244 e. The van der Waals surface area contributed by atoms with E-state index in [2.05, 4.69) is 21.7 Å². The van der Waals surface area contributed by atoms with Crippen molar-refractivity contribution in [1.82, 2.24) is 10.2 Å². The van der Waals surface area contributed by atoms with Gasteiger partial charge in [0.25, 0.3) is 0 Å². The first-order chi connectivity index (χ1) is 11.5. The molecule has 4 nitrogen and oxygen atoms in total. The molecule has 0 aliphatic heterocycles. The van der Waals surface area contributed by atoms with Gasteiger partial charge in [-0.2, -0.15) is 0 Å². The summed E-state index contributed by atoms with van der Waals surface area (Å²) in [7, 11) is 5.67. The van der Waals surface area contributed by atoms with Crippen molar-refractivity contribution in [2.45, 2.75) is 13.0 Å². The van der Waals surface area contributed by atoms with Gasteiger partial charge >= 0.3 is 0 Å². The Kier molecular flexibility index (Phi) is 6.58. The number of nitrogens with zero attached hydrogens (tertiary/aromatic N) is 1. The Hall–Kier alpha value is -2.11. The van der Waals surface area contributed by atoms with Crippen LogP contribution in [0.3, 0.4) is 0 Å². The van der Waals surface area contributed by atoms with Crippen molar-refractivity contribution in [2.75, 3.05) is 27.7 Å². The number of aryl methyl sites for hydroxylation is 1. The third-order valence-corrected chi connectivity index (χ3v) is 4.74. The molecule has 1 amide bonds. The van der Waals surface area contributed by atoms with Crippen LogP contribution in [0.4, 0.5) is 0 Å². The highest BCUT2D eigenvalue weighted by Gasteiger charge is 2.15. The Balaban J connectivity index is 1.99. The lowest BCUT2D eigenvalue weighted by Gasteiger charge is -2.23. The maximum atomic E-state index is 12.1. The largest absolute Gasteiger partial charge is 0.496 e. The lowest BCUT2D eigenvalue weighted by Crippen LogP contribution is -2.33. The average Bonchev–Trinajstić information content (AvgIpc) is 3.07. The highest BCUT2D eigenvalue weighted by molar-refractivity contribution is 7.10. The SMILES string of the molecule is COc1ccc(C)cc1/C=C/C(=O)NCC(c1cccs1)N(C)C. The van der Waals surface area contributed by atoms with E-state index in [-0.39, 0.29) is 11.9 Å². The fraction of sp³-hybridized carbons (Fsp3) is 0.316. The molecule has 0 spiro atoms. The van der Waals surface area contributed by atoms with Gasteiger partial charge in [-0.05, 0) is 50.7 Å². The second kappa shape index (κ2) is 8.66. The van der Waals surface area contributed by atoms with E-state index < -0.39 is 0 Å². The molecule has 2 aromatic rings. The van der Waals surface area contributed by atoms with E-state index in [1.807, 2.05) is 45.3 Å². The molecule has 2 rings (SSSR count). The number of carbonyl (C=O) groups is 1. The summed E-state index contributed by atoms with van der Waals surface area (Å²) in [4.78, 5) is 15.5. The van der Waals surface area contributed by atoms with Gasteiger partial charge in [-0.1, -0.05) is 17.7 Å². The first kappa shape index (κ1) is 18.2. The minimum Gasteiger partial charge on any atom is -0.496 e. The van der Waals surface area contributed by atoms with Crippen LogP contribution in [0.5, 0.6) is 5.75 Å². The predicted molar refractivity (Wildman–Crippen MR) is 101 cm³/mol. The van der Waals surface area contributed by atoms with Crippen molar-refractivity contribution in [3.05, 3.63) is 57.8 Å². The van der Waals surface area contributed by atoms with Crippen LogP contribution in [0, 0.1) is 6.92 Å². The number of hydrogen-bond acceptors (Lipinski definition) is 4. The van der Waals surface area contributed by atoms with Gasteiger partial charge in [0.05, 0.1) is 13.2 Å². The fourth-order valence-corrected chi connectivity index (χ4v) is 3.35. The normalized spacial score (nSPS) is 12.5. The molecule has 0 bridgehead atoms. The molecule has 1 unspecified atom stereocenters. The van der Waals surface area contributed by atoms with Gasteiger partial charge in [0.15, 0.2) is 0 Å². The zero-order chi connectivity index (χ0) is 17.5. The zero-order valence-electron chi connectivity index (χ0n) is 14.6. The molecule has 1 aromatic carbocycles. The monoisotopic (exact) mass is 344 g/mol. The minimum atomic E-state index is -0.109. The topological polar surface area (TPSA) is 41.6 Å². The van der Waals surface area contributed by atoms with Crippen molar-refractivity contribution < 1.29 is 9.53 Å². The second-order valence-electron chi connectivity index (χ2n) is 5.82. The number of amides is 1. The summed E-state index contributed by atoms with van der Waals surface area (Å²) in [5.41, 5.74) is 2.02. The van der Waals surface area contributed by atoms with Crippen LogP contribution in [0.1, 0.15) is 22.0 Å². The predicted octanol–water partition coefficient (Wildman–Crippen LogP) is 3.50. The molecule has 1 atom stereocenters. The molecule has 1 N–H and O–H groups in total. The number of ether oxygens (including phenoxy) is 1. The molecule has 24 heavy (non-hydrogen) atoms. The van der Waals surface area contributed by atoms with Crippen molar-refractivity contribution >= 4 is 23.3 Å². The van der Waals surface area contributed by atoms with Gasteiger partial charge in [0.2, 0.25) is 5.91 Å². The van der Waals surface area contributed by atoms with Gasteiger partial charge in [-0.15, -0.1) is 11.3 Å². The Morgan fingerprint density at radius 2 is 2.17 bits per heavy atom. The van der Waals surface area contributed by atoms with Crippen LogP contribution < -0.4 is 10.1 Å². The van der Waals surface area contributed by atoms with Crippen LogP contribution >= 0.6 is 11.3 Å². The number of methoxy groups -OCH3 is 1. The molecular weight excluding hydrogens is 320 g/mol. The number of carbonyl (C=O) groups excluding carboxylic acids is 1. The van der Waals surface area contributed by atoms with Crippen molar-refractivity contribution in [2.24, 2.45) is 0 Å². The molecular formula is C19H24N2O2S. The lowest BCUT2D eigenvalue weighted by atomic mass is 10.1. The Labute approximate surface area is 147 Å². The summed E-state index contributed by atoms with van der Waals surface area (Å²) in [6, 6.07) is 10.2. The standard InChI is InChI=1S/C19H24N2O2S/c1-14-7-9-17(23-4)15(12-14)8-10-19(22)20-13-16(21(2)3)18-6-5-11-24-18/h5-12,16H,13H2,1-4H3,(H,20,22)/b10-8+. The molecule has 1 heterocycles. The summed E-state index contributed by atoms with van der Waals surface area (Å²) in [5, 5.41) is 5.03. The summed E-state index contributed by atoms with van der Waals surface area (Å²) in [5.74, 6) is 0.649. The number of hydrogen-bond donors (Lipinski definition) is 1. The number of rotatable bonds is 7. The number of likely N-dealkylation sites (N-methyl/N-ethyl adjacent to an activating group) is 1. The van der Waals surface area contributed by atoms with E-state index in [0.29, 0.717) is 6.54 Å². The molecule has 1 aromatic heterocycles. The highest BCUT2D eigenvalue weighted by atomic mass is 32.1. The Morgan fingerprint density at radius 1 is 1.38 bits per heavy atom. The van der Waals surface area contributed by atoms with Crippen LogP contribution in [0.2, 0.25) is 0 Å². The van der Waals surface area contributed by atoms with Gasteiger partial charge in [-0.25, -0.2) is 0 Å². The molecule has 5 heteroatoms. The molecule has 0 aliphatic carbocycles. The fourth-order valence-electron chi connectivity index (χ4n) is 2.42. The Bertz CT molecular complexity index is 693. The molecule has 0 saturated carbocycles. The van der Waals surface area contributed by atoms with E-state index in [9.17, 15) is 4.79 Å². The Morgan fingerprint density at radius 3 is 2.79 bits per heavy atom. The van der Waals surface area contributed by atoms with E-state index in [1.54, 1.807) is 30.6 Å². The minimum absolute atomic E-state index is 0.109. The zero-order valence-corrected chi connectivity index (χ0v) is 15.4. The summed E-state index contributed by atoms with van der Waals surface area (Å²) >= 11 is 1.70. The van der Waals surface area contributed by atoms with Gasteiger partial charge in [-0.3, -0.25) is 4.79 Å². The molecule has 0 radical (unpaired) electrons. The van der Waals surface area contributed by atoms with Crippen LogP contribution in [0.25, 0.3) is 6.08 Å². The number of thiophene rings is 1. The van der Waals surface area contributed by atoms with Gasteiger partial charge < -0.3 is 15.0 Å². The molecule has 128 valence electrons. The first-order valence-electron chi connectivity index (χ1n) is 7.81. The summed E-state index contributed by atoms with van der Waals surface area (Å²) in [6.45, 7) is 2.58. The maximum Gasteiger partial charge on any atom is 0.244 e. The lowest BCUT2D eigenvalue weighted by molar-refractivity contribution is -0.116. The molecule has 0 fully saturated rings. The van der Waals surface area contributed by atoms with E-state index >= 15 is 0 Å². The van der Waals surface area contributed by atoms with E-state index in [4.69, 9.17) is 4.74 Å². The number of nitrogens with one attached hydrogen (secondary N) is 1. The second-order valence-corrected chi connectivity index (χ2v) is 6.80. The van der Waals surface area contributed by atoms with E-state index in [0.717, 1.165) is 16.9 Å². The van der Waals surface area contributed by atoms with Crippen LogP contribution in [-0.2, 0) is 4.79 Å². The third kappa shape index (κ3) is 4.94. The quantitative estimate of drug-likeness (QED) is 0.782. The van der Waals surface area contributed by atoms with Gasteiger partial charge in [0, 0.05) is 23.1 Å². The maximum absolute atomic E-state index is 12.1. The van der Waals surface area contributed by atoms with Crippen molar-refractivity contribution in [3.8, 4) is 5.75 Å². The van der Waals surface area contributed by atoms with Crippen LogP contribution in [-0.4, -0.2) is 38.6 Å².